The number of hydrogen-bond donors (Lipinski definition) is 1. The van der Waals surface area contributed by atoms with E-state index in [9.17, 15) is 9.59 Å². The quantitative estimate of drug-likeness (QED) is 0.559. The van der Waals surface area contributed by atoms with Crippen LogP contribution in [0.5, 0.6) is 0 Å². The Kier molecular flexibility index (Phi) is 3.64. The summed E-state index contributed by atoms with van der Waals surface area (Å²) in [4.78, 5) is 38.3. The van der Waals surface area contributed by atoms with Gasteiger partial charge in [-0.05, 0) is 25.0 Å². The van der Waals surface area contributed by atoms with E-state index in [1.165, 1.54) is 11.2 Å². The van der Waals surface area contributed by atoms with Crippen LogP contribution in [0.1, 0.15) is 33.6 Å². The van der Waals surface area contributed by atoms with Crippen LogP contribution in [0.3, 0.4) is 0 Å². The number of nitrogen functional groups attached to an aromatic ring is 1. The van der Waals surface area contributed by atoms with Gasteiger partial charge in [-0.25, -0.2) is 15.0 Å². The van der Waals surface area contributed by atoms with Crippen molar-refractivity contribution in [1.82, 2.24) is 24.4 Å². The van der Waals surface area contributed by atoms with Gasteiger partial charge < -0.3 is 10.3 Å². The molecule has 0 fully saturated rings. The molecule has 4 rings (SSSR count). The van der Waals surface area contributed by atoms with E-state index in [1.807, 2.05) is 4.57 Å². The Morgan fingerprint density at radius 3 is 2.32 bits per heavy atom. The lowest BCUT2D eigenvalue weighted by Crippen LogP contribution is -2.30. The Morgan fingerprint density at radius 2 is 1.60 bits per heavy atom. The van der Waals surface area contributed by atoms with Crippen LogP contribution in [0.2, 0.25) is 0 Å². The number of imide groups is 1. The largest absolute Gasteiger partial charge is 0.382 e. The summed E-state index contributed by atoms with van der Waals surface area (Å²) in [5.74, 6) is -0.0711. The minimum absolute atomic E-state index is 0.214. The fourth-order valence-electron chi connectivity index (χ4n) is 3.06. The molecule has 2 aromatic heterocycles. The number of benzene rings is 1. The summed E-state index contributed by atoms with van der Waals surface area (Å²) >= 11 is 0. The van der Waals surface area contributed by atoms with Gasteiger partial charge in [0.15, 0.2) is 11.5 Å². The molecule has 0 saturated carbocycles. The number of rotatable bonds is 5. The Labute approximate surface area is 143 Å². The molecule has 1 aliphatic rings. The molecular formula is C17H16N6O2. The van der Waals surface area contributed by atoms with E-state index in [2.05, 4.69) is 15.0 Å². The second-order valence-corrected chi connectivity index (χ2v) is 5.88. The topological polar surface area (TPSA) is 107 Å². The monoisotopic (exact) mass is 336 g/mol. The van der Waals surface area contributed by atoms with E-state index >= 15 is 0 Å². The van der Waals surface area contributed by atoms with E-state index in [0.717, 1.165) is 6.42 Å². The van der Waals surface area contributed by atoms with Gasteiger partial charge >= 0.3 is 0 Å². The van der Waals surface area contributed by atoms with Crippen LogP contribution in [0.4, 0.5) is 5.82 Å². The highest BCUT2D eigenvalue weighted by Gasteiger charge is 2.34. The first-order valence-electron chi connectivity index (χ1n) is 8.03. The molecule has 8 nitrogen and oxygen atoms in total. The molecule has 0 spiro atoms. The molecule has 2 N–H and O–H groups in total. The zero-order valence-corrected chi connectivity index (χ0v) is 13.4. The highest BCUT2D eigenvalue weighted by molar-refractivity contribution is 6.21. The fraction of sp³-hybridized carbons (Fsp3) is 0.235. The molecule has 2 amide bonds. The standard InChI is InChI=1S/C17H16N6O2/c18-14-13-15(20-9-19-14)22(10-21-13)7-3-4-8-23-16(24)11-5-1-2-6-12(11)17(23)25/h1-2,5-6,9-10H,3-4,7-8H2,(H2,18,19,20). The van der Waals surface area contributed by atoms with Crippen LogP contribution in [-0.2, 0) is 6.54 Å². The molecule has 3 aromatic rings. The van der Waals surface area contributed by atoms with Crippen LogP contribution in [0.25, 0.3) is 11.2 Å². The number of carbonyl (C=O) groups is 2. The van der Waals surface area contributed by atoms with Crippen molar-refractivity contribution >= 4 is 28.8 Å². The number of hydrogen-bond acceptors (Lipinski definition) is 6. The van der Waals surface area contributed by atoms with Gasteiger partial charge in [-0.3, -0.25) is 14.5 Å². The normalized spacial score (nSPS) is 13.7. The third kappa shape index (κ3) is 2.51. The number of aromatic nitrogens is 4. The van der Waals surface area contributed by atoms with Crippen molar-refractivity contribution in [3.05, 3.63) is 48.0 Å². The number of fused-ring (bicyclic) bond motifs is 2. The highest BCUT2D eigenvalue weighted by atomic mass is 16.2. The Hall–Kier alpha value is -3.29. The van der Waals surface area contributed by atoms with Gasteiger partial charge in [0.25, 0.3) is 11.8 Å². The van der Waals surface area contributed by atoms with Gasteiger partial charge in [-0.15, -0.1) is 0 Å². The van der Waals surface area contributed by atoms with Crippen LogP contribution in [0, 0.1) is 0 Å². The van der Waals surface area contributed by atoms with Crippen LogP contribution < -0.4 is 5.73 Å². The van der Waals surface area contributed by atoms with Gasteiger partial charge in [0, 0.05) is 13.1 Å². The average molecular weight is 336 g/mol. The van der Waals surface area contributed by atoms with Crippen molar-refractivity contribution < 1.29 is 9.59 Å². The lowest BCUT2D eigenvalue weighted by Gasteiger charge is -2.13. The minimum atomic E-state index is -0.214. The van der Waals surface area contributed by atoms with Crippen molar-refractivity contribution in [2.45, 2.75) is 19.4 Å². The summed E-state index contributed by atoms with van der Waals surface area (Å²) in [6.45, 7) is 1.08. The van der Waals surface area contributed by atoms with Gasteiger partial charge in [-0.2, -0.15) is 0 Å². The summed E-state index contributed by atoms with van der Waals surface area (Å²) in [6, 6.07) is 6.92. The number of aryl methyl sites for hydroxylation is 1. The molecule has 0 radical (unpaired) electrons. The summed E-state index contributed by atoms with van der Waals surface area (Å²) in [5.41, 5.74) is 8.02. The van der Waals surface area contributed by atoms with Crippen molar-refractivity contribution in [3.63, 3.8) is 0 Å². The molecule has 0 bridgehead atoms. The molecule has 126 valence electrons. The number of imidazole rings is 1. The maximum absolute atomic E-state index is 12.3. The van der Waals surface area contributed by atoms with Gasteiger partial charge in [-0.1, -0.05) is 12.1 Å². The highest BCUT2D eigenvalue weighted by Crippen LogP contribution is 2.23. The van der Waals surface area contributed by atoms with E-state index in [1.54, 1.807) is 30.6 Å². The zero-order chi connectivity index (χ0) is 17.4. The first kappa shape index (κ1) is 15.3. The third-order valence-corrected chi connectivity index (χ3v) is 4.34. The van der Waals surface area contributed by atoms with E-state index < -0.39 is 0 Å². The van der Waals surface area contributed by atoms with Crippen molar-refractivity contribution in [1.29, 1.82) is 0 Å². The molecule has 8 heteroatoms. The summed E-state index contributed by atoms with van der Waals surface area (Å²) in [6.07, 6.45) is 4.57. The Morgan fingerprint density at radius 1 is 0.920 bits per heavy atom. The number of nitrogens with zero attached hydrogens (tertiary/aromatic N) is 5. The lowest BCUT2D eigenvalue weighted by atomic mass is 10.1. The zero-order valence-electron chi connectivity index (χ0n) is 13.4. The molecule has 0 atom stereocenters. The molecule has 0 saturated heterocycles. The predicted molar refractivity (Wildman–Crippen MR) is 90.8 cm³/mol. The molecular weight excluding hydrogens is 320 g/mol. The fourth-order valence-corrected chi connectivity index (χ4v) is 3.06. The van der Waals surface area contributed by atoms with Crippen LogP contribution in [-0.4, -0.2) is 42.8 Å². The van der Waals surface area contributed by atoms with Gasteiger partial charge in [0.1, 0.15) is 11.8 Å². The van der Waals surface area contributed by atoms with E-state index in [4.69, 9.17) is 5.73 Å². The van der Waals surface area contributed by atoms with Crippen molar-refractivity contribution in [3.8, 4) is 0 Å². The first-order chi connectivity index (χ1) is 12.2. The Balaban J connectivity index is 1.38. The molecule has 25 heavy (non-hydrogen) atoms. The van der Waals surface area contributed by atoms with E-state index in [-0.39, 0.29) is 11.8 Å². The van der Waals surface area contributed by atoms with Crippen molar-refractivity contribution in [2.24, 2.45) is 0 Å². The number of anilines is 1. The van der Waals surface area contributed by atoms with E-state index in [0.29, 0.717) is 47.6 Å². The third-order valence-electron chi connectivity index (χ3n) is 4.34. The van der Waals surface area contributed by atoms with Crippen molar-refractivity contribution in [2.75, 3.05) is 12.3 Å². The molecule has 0 unspecified atom stereocenters. The smallest absolute Gasteiger partial charge is 0.261 e. The molecule has 1 aliphatic heterocycles. The first-order valence-corrected chi connectivity index (χ1v) is 8.03. The van der Waals surface area contributed by atoms with Gasteiger partial charge in [0.05, 0.1) is 17.5 Å². The van der Waals surface area contributed by atoms with Crippen LogP contribution >= 0.6 is 0 Å². The maximum atomic E-state index is 12.3. The average Bonchev–Trinajstić information content (AvgIpc) is 3.14. The minimum Gasteiger partial charge on any atom is -0.382 e. The predicted octanol–water partition coefficient (Wildman–Crippen LogP) is 1.48. The molecule has 0 aliphatic carbocycles. The maximum Gasteiger partial charge on any atom is 0.261 e. The molecule has 1 aromatic carbocycles. The van der Waals surface area contributed by atoms with Gasteiger partial charge in [0.2, 0.25) is 0 Å². The molecule has 3 heterocycles. The summed E-state index contributed by atoms with van der Waals surface area (Å²) < 4.78 is 1.90. The van der Waals surface area contributed by atoms with Crippen LogP contribution in [0.15, 0.2) is 36.9 Å². The lowest BCUT2D eigenvalue weighted by molar-refractivity contribution is 0.0651. The summed E-state index contributed by atoms with van der Waals surface area (Å²) in [7, 11) is 0. The summed E-state index contributed by atoms with van der Waals surface area (Å²) in [5, 5.41) is 0. The number of carbonyl (C=O) groups excluding carboxylic acids is 2. The Bertz CT molecular complexity index is 945. The number of nitrogens with two attached hydrogens (primary N) is 1. The second-order valence-electron chi connectivity index (χ2n) is 5.88. The SMILES string of the molecule is Nc1ncnc2c1ncn2CCCCN1C(=O)c2ccccc2C1=O. The second kappa shape index (κ2) is 5.97. The number of unbranched alkanes of at least 4 members (excludes halogenated alkanes) is 1. The number of amides is 2.